The first-order valence-electron chi connectivity index (χ1n) is 14.7. The van der Waals surface area contributed by atoms with E-state index in [0.717, 1.165) is 15.4 Å². The van der Waals surface area contributed by atoms with Crippen molar-refractivity contribution in [1.82, 2.24) is 10.2 Å². The Hall–Kier alpha value is -4.34. The van der Waals surface area contributed by atoms with Gasteiger partial charge in [-0.15, -0.1) is 0 Å². The Labute approximate surface area is 270 Å². The summed E-state index contributed by atoms with van der Waals surface area (Å²) < 4.78 is 34.8. The van der Waals surface area contributed by atoms with Gasteiger partial charge < -0.3 is 15.0 Å². The molecule has 236 valence electrons. The van der Waals surface area contributed by atoms with Crippen molar-refractivity contribution < 1.29 is 22.7 Å². The van der Waals surface area contributed by atoms with Gasteiger partial charge >= 0.3 is 0 Å². The van der Waals surface area contributed by atoms with Gasteiger partial charge in [0.1, 0.15) is 18.3 Å². The SMILES string of the molecule is CCCNC(=O)[C@H](Cc1ccccc1)N(Cc1cccc(OC)c1)C(=O)CN(c1ccccc1C)S(=O)(=O)c1ccc(Cl)cc1. The van der Waals surface area contributed by atoms with Crippen LogP contribution in [-0.4, -0.2) is 51.4 Å². The molecule has 0 bridgehead atoms. The standard InChI is InChI=1S/C35H38ClN3O5S/c1-4-21-37-35(41)33(23-27-12-6-5-7-13-27)38(24-28-14-10-15-30(22-28)44-3)34(40)25-39(32-16-9-8-11-26(32)2)45(42,43)31-19-17-29(36)18-20-31/h5-20,22,33H,4,21,23-25H2,1-3H3,(H,37,41)/t33-/m0/s1. The number of ether oxygens (including phenoxy) is 1. The van der Waals surface area contributed by atoms with Gasteiger partial charge in [-0.1, -0.05) is 79.2 Å². The molecule has 0 spiro atoms. The lowest BCUT2D eigenvalue weighted by atomic mass is 10.0. The number of sulfonamides is 1. The molecule has 45 heavy (non-hydrogen) atoms. The third-order valence-corrected chi connectivity index (χ3v) is 9.40. The molecule has 4 aromatic carbocycles. The van der Waals surface area contributed by atoms with Crippen LogP contribution in [0.4, 0.5) is 5.69 Å². The molecule has 2 amide bonds. The van der Waals surface area contributed by atoms with Gasteiger partial charge in [-0.05, 0) is 72.5 Å². The summed E-state index contributed by atoms with van der Waals surface area (Å²) in [5.74, 6) is -0.257. The molecule has 0 unspecified atom stereocenters. The monoisotopic (exact) mass is 647 g/mol. The van der Waals surface area contributed by atoms with E-state index in [0.29, 0.717) is 35.0 Å². The lowest BCUT2D eigenvalue weighted by molar-refractivity contribution is -0.140. The lowest BCUT2D eigenvalue weighted by Gasteiger charge is -2.34. The minimum absolute atomic E-state index is 0.0103. The molecule has 1 N–H and O–H groups in total. The van der Waals surface area contributed by atoms with Crippen LogP contribution < -0.4 is 14.4 Å². The minimum Gasteiger partial charge on any atom is -0.497 e. The van der Waals surface area contributed by atoms with Gasteiger partial charge in [-0.25, -0.2) is 8.42 Å². The molecule has 0 aliphatic heterocycles. The third kappa shape index (κ3) is 8.65. The Morgan fingerprint density at radius 2 is 1.56 bits per heavy atom. The number of amides is 2. The number of anilines is 1. The van der Waals surface area contributed by atoms with Crippen LogP contribution in [0.25, 0.3) is 0 Å². The number of aryl methyl sites for hydroxylation is 1. The van der Waals surface area contributed by atoms with Gasteiger partial charge in [0.2, 0.25) is 11.8 Å². The summed E-state index contributed by atoms with van der Waals surface area (Å²) in [5.41, 5.74) is 2.62. The van der Waals surface area contributed by atoms with Crippen LogP contribution in [-0.2, 0) is 32.6 Å². The van der Waals surface area contributed by atoms with E-state index in [1.165, 1.54) is 29.2 Å². The van der Waals surface area contributed by atoms with Crippen molar-refractivity contribution in [3.8, 4) is 5.75 Å². The van der Waals surface area contributed by atoms with Crippen LogP contribution in [0.2, 0.25) is 5.02 Å². The number of nitrogens with zero attached hydrogens (tertiary/aromatic N) is 2. The highest BCUT2D eigenvalue weighted by Crippen LogP contribution is 2.28. The lowest BCUT2D eigenvalue weighted by Crippen LogP contribution is -2.53. The second-order valence-corrected chi connectivity index (χ2v) is 12.9. The van der Waals surface area contributed by atoms with Gasteiger partial charge in [0, 0.05) is 24.5 Å². The molecule has 0 saturated heterocycles. The fraction of sp³-hybridized carbons (Fsp3) is 0.257. The number of carbonyl (C=O) groups is 2. The molecular formula is C35H38ClN3O5S. The molecule has 4 aromatic rings. The number of carbonyl (C=O) groups excluding carboxylic acids is 2. The van der Waals surface area contributed by atoms with Gasteiger partial charge in [-0.3, -0.25) is 13.9 Å². The maximum atomic E-state index is 14.5. The molecule has 1 atom stereocenters. The fourth-order valence-corrected chi connectivity index (χ4v) is 6.58. The van der Waals surface area contributed by atoms with Crippen molar-refractivity contribution in [2.75, 3.05) is 24.5 Å². The van der Waals surface area contributed by atoms with E-state index in [1.807, 2.05) is 49.4 Å². The average molecular weight is 648 g/mol. The number of rotatable bonds is 14. The van der Waals surface area contributed by atoms with Gasteiger partial charge in [0.15, 0.2) is 0 Å². The molecule has 0 aromatic heterocycles. The average Bonchev–Trinajstić information content (AvgIpc) is 3.05. The van der Waals surface area contributed by atoms with Gasteiger partial charge in [-0.2, -0.15) is 0 Å². The number of para-hydroxylation sites is 1. The normalized spacial score (nSPS) is 11.8. The largest absolute Gasteiger partial charge is 0.497 e. The fourth-order valence-electron chi connectivity index (χ4n) is 4.98. The molecular weight excluding hydrogens is 610 g/mol. The zero-order chi connectivity index (χ0) is 32.4. The Bertz CT molecular complexity index is 1700. The predicted octanol–water partition coefficient (Wildman–Crippen LogP) is 6.02. The van der Waals surface area contributed by atoms with E-state index in [9.17, 15) is 18.0 Å². The van der Waals surface area contributed by atoms with Crippen molar-refractivity contribution in [2.45, 2.75) is 44.2 Å². The van der Waals surface area contributed by atoms with E-state index in [1.54, 1.807) is 50.4 Å². The van der Waals surface area contributed by atoms with Gasteiger partial charge in [0.05, 0.1) is 17.7 Å². The smallest absolute Gasteiger partial charge is 0.264 e. The Morgan fingerprint density at radius 3 is 2.22 bits per heavy atom. The van der Waals surface area contributed by atoms with E-state index in [-0.39, 0.29) is 23.8 Å². The Morgan fingerprint density at radius 1 is 0.889 bits per heavy atom. The van der Waals surface area contributed by atoms with Crippen molar-refractivity contribution in [3.63, 3.8) is 0 Å². The summed E-state index contributed by atoms with van der Waals surface area (Å²) in [5, 5.41) is 3.34. The zero-order valence-corrected chi connectivity index (χ0v) is 27.2. The summed E-state index contributed by atoms with van der Waals surface area (Å²) in [4.78, 5) is 29.7. The first-order valence-corrected chi connectivity index (χ1v) is 16.5. The first-order chi connectivity index (χ1) is 21.6. The molecule has 0 aliphatic rings. The van der Waals surface area contributed by atoms with Crippen molar-refractivity contribution in [3.05, 3.63) is 125 Å². The molecule has 0 heterocycles. The number of nitrogens with one attached hydrogen (secondary N) is 1. The number of hydrogen-bond donors (Lipinski definition) is 1. The van der Waals surface area contributed by atoms with Crippen LogP contribution in [0.3, 0.4) is 0 Å². The molecule has 10 heteroatoms. The third-order valence-electron chi connectivity index (χ3n) is 7.37. The maximum Gasteiger partial charge on any atom is 0.264 e. The number of halogens is 1. The first kappa shape index (κ1) is 33.6. The van der Waals surface area contributed by atoms with Crippen LogP contribution >= 0.6 is 11.6 Å². The minimum atomic E-state index is -4.22. The number of hydrogen-bond acceptors (Lipinski definition) is 5. The highest BCUT2D eigenvalue weighted by Gasteiger charge is 2.35. The maximum absolute atomic E-state index is 14.5. The molecule has 0 fully saturated rings. The highest BCUT2D eigenvalue weighted by atomic mass is 35.5. The van der Waals surface area contributed by atoms with Crippen LogP contribution in [0.15, 0.2) is 108 Å². The summed E-state index contributed by atoms with van der Waals surface area (Å²) in [7, 11) is -2.66. The van der Waals surface area contributed by atoms with Crippen LogP contribution in [0, 0.1) is 6.92 Å². The van der Waals surface area contributed by atoms with Crippen LogP contribution in [0.1, 0.15) is 30.0 Å². The van der Waals surface area contributed by atoms with E-state index in [2.05, 4.69) is 5.32 Å². The van der Waals surface area contributed by atoms with Crippen molar-refractivity contribution in [2.24, 2.45) is 0 Å². The second kappa shape index (κ2) is 15.6. The predicted molar refractivity (Wildman–Crippen MR) is 178 cm³/mol. The van der Waals surface area contributed by atoms with E-state index in [4.69, 9.17) is 16.3 Å². The molecule has 8 nitrogen and oxygen atoms in total. The molecule has 0 radical (unpaired) electrons. The summed E-state index contributed by atoms with van der Waals surface area (Å²) in [6, 6.07) is 28.6. The molecule has 0 aliphatic carbocycles. The summed E-state index contributed by atoms with van der Waals surface area (Å²) >= 11 is 6.06. The van der Waals surface area contributed by atoms with Crippen molar-refractivity contribution >= 4 is 39.1 Å². The van der Waals surface area contributed by atoms with Gasteiger partial charge in [0.25, 0.3) is 10.0 Å². The van der Waals surface area contributed by atoms with E-state index < -0.39 is 28.5 Å². The zero-order valence-electron chi connectivity index (χ0n) is 25.6. The van der Waals surface area contributed by atoms with Crippen molar-refractivity contribution in [1.29, 1.82) is 0 Å². The topological polar surface area (TPSA) is 96.0 Å². The van der Waals surface area contributed by atoms with E-state index >= 15 is 0 Å². The number of benzene rings is 4. The summed E-state index contributed by atoms with van der Waals surface area (Å²) in [6.07, 6.45) is 0.953. The highest BCUT2D eigenvalue weighted by molar-refractivity contribution is 7.92. The Balaban J connectivity index is 1.81. The Kier molecular flexibility index (Phi) is 11.6. The summed E-state index contributed by atoms with van der Waals surface area (Å²) in [6.45, 7) is 3.69. The molecule has 4 rings (SSSR count). The number of methoxy groups -OCH3 is 1. The molecule has 0 saturated carbocycles. The second-order valence-electron chi connectivity index (χ2n) is 10.6. The van der Waals surface area contributed by atoms with Crippen LogP contribution in [0.5, 0.6) is 5.75 Å². The quantitative estimate of drug-likeness (QED) is 0.181.